The van der Waals surface area contributed by atoms with Crippen molar-refractivity contribution in [3.8, 4) is 11.3 Å². The highest BCUT2D eigenvalue weighted by Gasteiger charge is 2.13. The molecule has 1 unspecified atom stereocenters. The highest BCUT2D eigenvalue weighted by atomic mass is 16.3. The van der Waals surface area contributed by atoms with E-state index in [1.165, 1.54) is 0 Å². The third kappa shape index (κ3) is 3.47. The van der Waals surface area contributed by atoms with Crippen LogP contribution in [0.3, 0.4) is 0 Å². The molecule has 4 aromatic rings. The number of aliphatic hydroxyl groups excluding tert-OH is 2. The van der Waals surface area contributed by atoms with Gasteiger partial charge in [-0.15, -0.1) is 0 Å². The van der Waals surface area contributed by atoms with Gasteiger partial charge in [0, 0.05) is 42.9 Å². The summed E-state index contributed by atoms with van der Waals surface area (Å²) in [6, 6.07) is 7.83. The Hall–Kier alpha value is -3.01. The number of rotatable bonds is 7. The summed E-state index contributed by atoms with van der Waals surface area (Å²) in [5.74, 6) is 0.421. The van der Waals surface area contributed by atoms with E-state index in [1.807, 2.05) is 30.5 Å². The van der Waals surface area contributed by atoms with Crippen LogP contribution < -0.4 is 11.1 Å². The fourth-order valence-corrected chi connectivity index (χ4v) is 3.11. The second-order valence-electron chi connectivity index (χ2n) is 6.34. The Morgan fingerprint density at radius 1 is 1.26 bits per heavy atom. The van der Waals surface area contributed by atoms with Crippen molar-refractivity contribution in [2.45, 2.75) is 19.2 Å². The summed E-state index contributed by atoms with van der Waals surface area (Å²) in [5, 5.41) is 34.7. The molecular weight excluding hydrogens is 346 g/mol. The van der Waals surface area contributed by atoms with Crippen LogP contribution in [0.25, 0.3) is 33.1 Å². The molecule has 3 heterocycles. The van der Waals surface area contributed by atoms with Gasteiger partial charge in [-0.1, -0.05) is 6.07 Å². The van der Waals surface area contributed by atoms with Crippen molar-refractivity contribution in [2.75, 3.05) is 18.9 Å². The van der Waals surface area contributed by atoms with Crippen molar-refractivity contribution in [2.24, 2.45) is 0 Å². The van der Waals surface area contributed by atoms with Crippen molar-refractivity contribution in [1.29, 1.82) is 0 Å². The zero-order chi connectivity index (χ0) is 18.8. The Bertz CT molecular complexity index is 1060. The minimum absolute atomic E-state index is 0.0164. The second kappa shape index (κ2) is 7.31. The molecule has 0 fully saturated rings. The Morgan fingerprint density at radius 2 is 2.15 bits per heavy atom. The molecule has 0 saturated carbocycles. The number of benzene rings is 1. The first-order chi connectivity index (χ1) is 13.2. The maximum atomic E-state index is 9.86. The number of pyridine rings is 1. The molecule has 0 amide bonds. The Morgan fingerprint density at radius 3 is 2.93 bits per heavy atom. The van der Waals surface area contributed by atoms with E-state index in [0.29, 0.717) is 25.3 Å². The Labute approximate surface area is 154 Å². The summed E-state index contributed by atoms with van der Waals surface area (Å²) in [6.45, 7) is 0.849. The van der Waals surface area contributed by atoms with Crippen LogP contribution in [-0.2, 0) is 6.54 Å². The number of H-pyrrole nitrogens is 1. The first-order valence-corrected chi connectivity index (χ1v) is 8.74. The average Bonchev–Trinajstić information content (AvgIpc) is 3.34. The van der Waals surface area contributed by atoms with Crippen LogP contribution in [0.15, 0.2) is 36.7 Å². The molecule has 1 aromatic carbocycles. The van der Waals surface area contributed by atoms with Crippen molar-refractivity contribution < 1.29 is 10.2 Å². The minimum atomic E-state index is -0.700. The molecule has 27 heavy (non-hydrogen) atoms. The quantitative estimate of drug-likeness (QED) is 0.305. The lowest BCUT2D eigenvalue weighted by Crippen LogP contribution is -2.32. The van der Waals surface area contributed by atoms with Crippen LogP contribution in [0.2, 0.25) is 0 Å². The van der Waals surface area contributed by atoms with Gasteiger partial charge in [0.1, 0.15) is 17.6 Å². The SMILES string of the molecule is Nc1nc2cc(-c3ccn[nH]3)ccc2c2nn(CCC(O)NCCO)cc12. The average molecular weight is 367 g/mol. The zero-order valence-electron chi connectivity index (χ0n) is 14.6. The molecule has 0 saturated heterocycles. The van der Waals surface area contributed by atoms with Crippen LogP contribution in [-0.4, -0.2) is 54.6 Å². The molecule has 0 aliphatic rings. The fraction of sp³-hybridized carbons (Fsp3) is 0.278. The number of hydrogen-bond acceptors (Lipinski definition) is 7. The number of aliphatic hydroxyl groups is 2. The minimum Gasteiger partial charge on any atom is -0.395 e. The molecule has 1 atom stereocenters. The predicted molar refractivity (Wildman–Crippen MR) is 103 cm³/mol. The van der Waals surface area contributed by atoms with Crippen molar-refractivity contribution in [3.05, 3.63) is 36.7 Å². The number of hydrogen-bond donors (Lipinski definition) is 5. The summed E-state index contributed by atoms with van der Waals surface area (Å²) in [4.78, 5) is 4.52. The lowest BCUT2D eigenvalue weighted by molar-refractivity contribution is 0.113. The standard InChI is InChI=1S/C18H21N7O2/c19-18-13-10-25(7-4-16(27)20-6-8-26)24-17(13)12-2-1-11(9-15(12)22-18)14-3-5-21-23-14/h1-3,5,9-10,16,20,26-27H,4,6-8H2,(H2,19,22)(H,21,23). The maximum absolute atomic E-state index is 9.86. The highest BCUT2D eigenvalue weighted by molar-refractivity contribution is 6.08. The largest absolute Gasteiger partial charge is 0.395 e. The number of aromatic amines is 1. The molecule has 9 heteroatoms. The first kappa shape index (κ1) is 17.4. The molecule has 0 aliphatic carbocycles. The normalized spacial score (nSPS) is 12.8. The maximum Gasteiger partial charge on any atom is 0.135 e. The van der Waals surface area contributed by atoms with Gasteiger partial charge in [-0.25, -0.2) is 4.98 Å². The van der Waals surface area contributed by atoms with E-state index < -0.39 is 6.23 Å². The number of nitrogens with zero attached hydrogens (tertiary/aromatic N) is 4. The van der Waals surface area contributed by atoms with Crippen molar-refractivity contribution >= 4 is 27.6 Å². The highest BCUT2D eigenvalue weighted by Crippen LogP contribution is 2.29. The number of aryl methyl sites for hydroxylation is 1. The van der Waals surface area contributed by atoms with Crippen molar-refractivity contribution in [3.63, 3.8) is 0 Å². The smallest absolute Gasteiger partial charge is 0.135 e. The molecule has 0 spiro atoms. The zero-order valence-corrected chi connectivity index (χ0v) is 14.6. The lowest BCUT2D eigenvalue weighted by Gasteiger charge is -2.11. The monoisotopic (exact) mass is 367 g/mol. The van der Waals surface area contributed by atoms with Crippen molar-refractivity contribution in [1.82, 2.24) is 30.3 Å². The predicted octanol–water partition coefficient (Wildman–Crippen LogP) is 0.847. The van der Waals surface area contributed by atoms with Gasteiger partial charge in [-0.2, -0.15) is 10.2 Å². The summed E-state index contributed by atoms with van der Waals surface area (Å²) in [6.07, 6.45) is 3.31. The van der Waals surface area contributed by atoms with Gasteiger partial charge < -0.3 is 15.9 Å². The van der Waals surface area contributed by atoms with Crippen LogP contribution in [0, 0.1) is 0 Å². The molecule has 3 aromatic heterocycles. The second-order valence-corrected chi connectivity index (χ2v) is 6.34. The molecule has 0 radical (unpaired) electrons. The van der Waals surface area contributed by atoms with E-state index in [-0.39, 0.29) is 6.61 Å². The topological polar surface area (TPSA) is 138 Å². The van der Waals surface area contributed by atoms with E-state index in [4.69, 9.17) is 10.8 Å². The van der Waals surface area contributed by atoms with Gasteiger partial charge in [0.2, 0.25) is 0 Å². The molecule has 4 rings (SSSR count). The van der Waals surface area contributed by atoms with Crippen LogP contribution in [0.4, 0.5) is 5.82 Å². The van der Waals surface area contributed by atoms with Crippen LogP contribution >= 0.6 is 0 Å². The number of nitrogens with two attached hydrogens (primary N) is 1. The number of nitrogen functional groups attached to an aromatic ring is 1. The molecule has 140 valence electrons. The van der Waals surface area contributed by atoms with E-state index in [9.17, 15) is 5.11 Å². The Kier molecular flexibility index (Phi) is 4.71. The van der Waals surface area contributed by atoms with Gasteiger partial charge in [-0.05, 0) is 18.2 Å². The van der Waals surface area contributed by atoms with Gasteiger partial charge >= 0.3 is 0 Å². The number of aromatic nitrogens is 5. The fourth-order valence-electron chi connectivity index (χ4n) is 3.11. The molecule has 0 bridgehead atoms. The van der Waals surface area contributed by atoms with Gasteiger partial charge in [0.05, 0.1) is 23.2 Å². The lowest BCUT2D eigenvalue weighted by atomic mass is 10.1. The molecular formula is C18H21N7O2. The van der Waals surface area contributed by atoms with E-state index in [2.05, 4.69) is 25.6 Å². The van der Waals surface area contributed by atoms with E-state index in [0.717, 1.165) is 33.1 Å². The Balaban J connectivity index is 1.66. The number of anilines is 1. The summed E-state index contributed by atoms with van der Waals surface area (Å²) >= 11 is 0. The molecule has 6 N–H and O–H groups in total. The third-order valence-electron chi connectivity index (χ3n) is 4.47. The number of fused-ring (bicyclic) bond motifs is 3. The third-order valence-corrected chi connectivity index (χ3v) is 4.47. The molecule has 0 aliphatic heterocycles. The summed E-state index contributed by atoms with van der Waals surface area (Å²) in [5.41, 5.74) is 9.59. The van der Waals surface area contributed by atoms with E-state index >= 15 is 0 Å². The van der Waals surface area contributed by atoms with Gasteiger partial charge in [0.25, 0.3) is 0 Å². The number of nitrogens with one attached hydrogen (secondary N) is 2. The van der Waals surface area contributed by atoms with Crippen LogP contribution in [0.5, 0.6) is 0 Å². The summed E-state index contributed by atoms with van der Waals surface area (Å²) in [7, 11) is 0. The van der Waals surface area contributed by atoms with Gasteiger partial charge in [-0.3, -0.25) is 15.1 Å². The van der Waals surface area contributed by atoms with Crippen LogP contribution in [0.1, 0.15) is 6.42 Å². The summed E-state index contributed by atoms with van der Waals surface area (Å²) < 4.78 is 1.76. The van der Waals surface area contributed by atoms with Gasteiger partial charge in [0.15, 0.2) is 0 Å². The van der Waals surface area contributed by atoms with E-state index in [1.54, 1.807) is 10.9 Å². The molecule has 9 nitrogen and oxygen atoms in total. The first-order valence-electron chi connectivity index (χ1n) is 8.74.